The summed E-state index contributed by atoms with van der Waals surface area (Å²) in [6.45, 7) is 4.05. The number of benzene rings is 2. The predicted molar refractivity (Wildman–Crippen MR) is 114 cm³/mol. The van der Waals surface area contributed by atoms with Crippen LogP contribution in [-0.4, -0.2) is 46.9 Å². The van der Waals surface area contributed by atoms with Gasteiger partial charge >= 0.3 is 0 Å². The van der Waals surface area contributed by atoms with Crippen molar-refractivity contribution in [2.75, 3.05) is 26.2 Å². The third kappa shape index (κ3) is 4.41. The van der Waals surface area contributed by atoms with Crippen LogP contribution in [0, 0.1) is 0 Å². The maximum Gasteiger partial charge on any atom is 0.246 e. The predicted octanol–water partition coefficient (Wildman–Crippen LogP) is 4.25. The molecule has 0 N–H and O–H groups in total. The molecule has 142 valence electrons. The molecule has 1 aromatic heterocycles. The zero-order valence-electron chi connectivity index (χ0n) is 15.6. The molecule has 1 aliphatic heterocycles. The van der Waals surface area contributed by atoms with Crippen molar-refractivity contribution < 1.29 is 4.79 Å². The number of fused-ring (bicyclic) bond motifs is 1. The van der Waals surface area contributed by atoms with E-state index in [2.05, 4.69) is 16.0 Å². The molecule has 2 heterocycles. The van der Waals surface area contributed by atoms with Gasteiger partial charge in [-0.05, 0) is 29.8 Å². The molecule has 0 bridgehead atoms. The van der Waals surface area contributed by atoms with Crippen LogP contribution >= 0.6 is 11.6 Å². The summed E-state index contributed by atoms with van der Waals surface area (Å²) in [5.41, 5.74) is 3.09. The highest BCUT2D eigenvalue weighted by molar-refractivity contribution is 6.30. The lowest BCUT2D eigenvalue weighted by molar-refractivity contribution is -0.127. The monoisotopic (exact) mass is 391 g/mol. The minimum absolute atomic E-state index is 0.0512. The van der Waals surface area contributed by atoms with E-state index in [1.54, 1.807) is 12.3 Å². The number of rotatable bonds is 4. The lowest BCUT2D eigenvalue weighted by Crippen LogP contribution is -2.47. The van der Waals surface area contributed by atoms with Crippen LogP contribution < -0.4 is 0 Å². The maximum absolute atomic E-state index is 12.6. The van der Waals surface area contributed by atoms with Gasteiger partial charge in [-0.1, -0.05) is 48.0 Å². The molecule has 2 aromatic carbocycles. The Hall–Kier alpha value is -2.69. The minimum atomic E-state index is 0.0512. The van der Waals surface area contributed by atoms with Gasteiger partial charge in [0.2, 0.25) is 5.91 Å². The number of para-hydroxylation sites is 1. The molecule has 4 nitrogen and oxygen atoms in total. The van der Waals surface area contributed by atoms with E-state index < -0.39 is 0 Å². The molecule has 1 aliphatic rings. The van der Waals surface area contributed by atoms with Crippen molar-refractivity contribution in [3.63, 3.8) is 0 Å². The largest absolute Gasteiger partial charge is 0.337 e. The lowest BCUT2D eigenvalue weighted by atomic mass is 10.1. The highest BCUT2D eigenvalue weighted by atomic mass is 35.5. The number of hydrogen-bond donors (Lipinski definition) is 0. The fourth-order valence-electron chi connectivity index (χ4n) is 3.55. The third-order valence-corrected chi connectivity index (χ3v) is 5.28. The molecule has 4 rings (SSSR count). The van der Waals surface area contributed by atoms with E-state index in [0.717, 1.165) is 54.2 Å². The van der Waals surface area contributed by atoms with Gasteiger partial charge in [0.15, 0.2) is 0 Å². The first-order valence-electron chi connectivity index (χ1n) is 9.46. The highest BCUT2D eigenvalue weighted by Crippen LogP contribution is 2.18. The smallest absolute Gasteiger partial charge is 0.246 e. The average Bonchev–Trinajstić information content (AvgIpc) is 2.72. The molecular formula is C23H22ClN3O. The molecule has 0 aliphatic carbocycles. The Morgan fingerprint density at radius 3 is 2.64 bits per heavy atom. The summed E-state index contributed by atoms with van der Waals surface area (Å²) < 4.78 is 0. The number of carbonyl (C=O) groups is 1. The summed E-state index contributed by atoms with van der Waals surface area (Å²) in [7, 11) is 0. The number of halogens is 1. The second kappa shape index (κ2) is 8.55. The molecule has 1 amide bonds. The summed E-state index contributed by atoms with van der Waals surface area (Å²) in [5.74, 6) is 0.0512. The Morgan fingerprint density at radius 1 is 1.04 bits per heavy atom. The first-order valence-corrected chi connectivity index (χ1v) is 9.84. The summed E-state index contributed by atoms with van der Waals surface area (Å²) in [6, 6.07) is 17.9. The van der Waals surface area contributed by atoms with Crippen LogP contribution in [0.5, 0.6) is 0 Å². The van der Waals surface area contributed by atoms with Crippen LogP contribution in [0.3, 0.4) is 0 Å². The van der Waals surface area contributed by atoms with E-state index in [9.17, 15) is 4.79 Å². The van der Waals surface area contributed by atoms with Gasteiger partial charge < -0.3 is 4.90 Å². The second-order valence-electron chi connectivity index (χ2n) is 6.99. The molecular weight excluding hydrogens is 370 g/mol. The highest BCUT2D eigenvalue weighted by Gasteiger charge is 2.19. The quantitative estimate of drug-likeness (QED) is 0.624. The Kier molecular flexibility index (Phi) is 5.70. The van der Waals surface area contributed by atoms with Gasteiger partial charge in [0.25, 0.3) is 0 Å². The van der Waals surface area contributed by atoms with E-state index in [4.69, 9.17) is 11.6 Å². The average molecular weight is 392 g/mol. The van der Waals surface area contributed by atoms with Crippen molar-refractivity contribution in [3.05, 3.63) is 83.0 Å². The Labute approximate surface area is 170 Å². The molecule has 1 saturated heterocycles. The molecule has 0 radical (unpaired) electrons. The van der Waals surface area contributed by atoms with Crippen LogP contribution in [0.4, 0.5) is 0 Å². The number of nitrogens with zero attached hydrogens (tertiary/aromatic N) is 3. The number of piperazine rings is 1. The maximum atomic E-state index is 12.6. The van der Waals surface area contributed by atoms with E-state index in [0.29, 0.717) is 0 Å². The van der Waals surface area contributed by atoms with E-state index in [1.807, 2.05) is 59.5 Å². The van der Waals surface area contributed by atoms with Gasteiger partial charge in [-0.25, -0.2) is 0 Å². The zero-order valence-corrected chi connectivity index (χ0v) is 16.3. The molecule has 1 fully saturated rings. The van der Waals surface area contributed by atoms with Crippen molar-refractivity contribution in [1.29, 1.82) is 0 Å². The lowest BCUT2D eigenvalue weighted by Gasteiger charge is -2.34. The van der Waals surface area contributed by atoms with Crippen LogP contribution in [0.15, 0.2) is 66.9 Å². The van der Waals surface area contributed by atoms with Crippen molar-refractivity contribution >= 4 is 34.5 Å². The summed E-state index contributed by atoms with van der Waals surface area (Å²) in [4.78, 5) is 21.3. The van der Waals surface area contributed by atoms with Crippen LogP contribution in [0.2, 0.25) is 5.02 Å². The number of carbonyl (C=O) groups excluding carboxylic acids is 1. The van der Waals surface area contributed by atoms with Gasteiger partial charge in [-0.3, -0.25) is 14.7 Å². The number of hydrogen-bond acceptors (Lipinski definition) is 3. The number of amides is 1. The Bertz CT molecular complexity index is 1000. The van der Waals surface area contributed by atoms with Gasteiger partial charge in [0, 0.05) is 61.0 Å². The number of pyridine rings is 1. The molecule has 0 saturated carbocycles. The number of aromatic nitrogens is 1. The Balaban J connectivity index is 1.35. The van der Waals surface area contributed by atoms with Gasteiger partial charge in [0.1, 0.15) is 0 Å². The van der Waals surface area contributed by atoms with Gasteiger partial charge in [0.05, 0.1) is 5.52 Å². The summed E-state index contributed by atoms with van der Waals surface area (Å²) in [6.07, 6.45) is 5.31. The minimum Gasteiger partial charge on any atom is -0.337 e. The molecule has 0 atom stereocenters. The SMILES string of the molecule is O=C(/C=C/c1cccc2cccnc12)N1CCN(Cc2cccc(Cl)c2)CC1. The first kappa shape index (κ1) is 18.7. The fourth-order valence-corrected chi connectivity index (χ4v) is 3.76. The molecule has 0 spiro atoms. The second-order valence-corrected chi connectivity index (χ2v) is 7.42. The van der Waals surface area contributed by atoms with Crippen molar-refractivity contribution in [3.8, 4) is 0 Å². The van der Waals surface area contributed by atoms with Gasteiger partial charge in [-0.2, -0.15) is 0 Å². The topological polar surface area (TPSA) is 36.4 Å². The van der Waals surface area contributed by atoms with Crippen LogP contribution in [0.25, 0.3) is 17.0 Å². The Morgan fingerprint density at radius 2 is 1.82 bits per heavy atom. The van der Waals surface area contributed by atoms with Gasteiger partial charge in [-0.15, -0.1) is 0 Å². The zero-order chi connectivity index (χ0) is 19.3. The van der Waals surface area contributed by atoms with Crippen LogP contribution in [-0.2, 0) is 11.3 Å². The molecule has 0 unspecified atom stereocenters. The van der Waals surface area contributed by atoms with Crippen molar-refractivity contribution in [1.82, 2.24) is 14.8 Å². The van der Waals surface area contributed by atoms with Crippen molar-refractivity contribution in [2.24, 2.45) is 0 Å². The molecule has 28 heavy (non-hydrogen) atoms. The normalized spacial score (nSPS) is 15.4. The summed E-state index contributed by atoms with van der Waals surface area (Å²) in [5, 5.41) is 1.84. The standard InChI is InChI=1S/C23H22ClN3O/c24-21-8-1-4-18(16-21)17-26-12-14-27(15-13-26)22(28)10-9-20-6-2-5-19-7-3-11-25-23(19)20/h1-11,16H,12-15,17H2/b10-9+. The van der Waals surface area contributed by atoms with E-state index in [1.165, 1.54) is 5.56 Å². The third-order valence-electron chi connectivity index (χ3n) is 5.05. The first-order chi connectivity index (χ1) is 13.7. The van der Waals surface area contributed by atoms with Crippen molar-refractivity contribution in [2.45, 2.75) is 6.54 Å². The van der Waals surface area contributed by atoms with Crippen LogP contribution in [0.1, 0.15) is 11.1 Å². The van der Waals surface area contributed by atoms with E-state index >= 15 is 0 Å². The van der Waals surface area contributed by atoms with E-state index in [-0.39, 0.29) is 5.91 Å². The molecule has 5 heteroatoms. The molecule has 3 aromatic rings. The summed E-state index contributed by atoms with van der Waals surface area (Å²) >= 11 is 6.07. The fraction of sp³-hybridized carbons (Fsp3) is 0.217.